The van der Waals surface area contributed by atoms with Crippen molar-refractivity contribution in [2.75, 3.05) is 13.1 Å². The molecule has 1 aliphatic rings. The molecule has 0 saturated carbocycles. The molecular formula is C18H24N2OS. The maximum atomic E-state index is 9.67. The molecule has 4 heteroatoms. The first-order chi connectivity index (χ1) is 10.7. The summed E-state index contributed by atoms with van der Waals surface area (Å²) in [6.45, 7) is 5.00. The molecular weight excluding hydrogens is 292 g/mol. The highest BCUT2D eigenvalue weighted by atomic mass is 32.1. The van der Waals surface area contributed by atoms with Gasteiger partial charge in [-0.15, -0.1) is 11.3 Å². The van der Waals surface area contributed by atoms with Crippen LogP contribution in [0.15, 0.2) is 35.7 Å². The summed E-state index contributed by atoms with van der Waals surface area (Å²) in [6, 6.07) is 10.5. The van der Waals surface area contributed by atoms with Crippen LogP contribution in [0.1, 0.15) is 36.0 Å². The van der Waals surface area contributed by atoms with Crippen LogP contribution in [0.3, 0.4) is 0 Å². The van der Waals surface area contributed by atoms with Crippen LogP contribution in [-0.2, 0) is 13.0 Å². The largest absolute Gasteiger partial charge is 0.393 e. The standard InChI is InChI=1S/C18H24N2OS/c1-14(21)16-7-9-20(10-8-16)12-17-13-22-18(19-17)11-15-5-3-2-4-6-15/h2-6,13-14,16,21H,7-12H2,1H3. The van der Waals surface area contributed by atoms with Crippen LogP contribution < -0.4 is 0 Å². The lowest BCUT2D eigenvalue weighted by molar-refractivity contribution is 0.0692. The van der Waals surface area contributed by atoms with Crippen LogP contribution in [0.4, 0.5) is 0 Å². The normalized spacial score (nSPS) is 18.5. The second-order valence-corrected chi connectivity index (χ2v) is 7.19. The molecule has 1 N–H and O–H groups in total. The zero-order valence-electron chi connectivity index (χ0n) is 13.1. The van der Waals surface area contributed by atoms with Crippen molar-refractivity contribution >= 4 is 11.3 Å². The molecule has 1 aromatic carbocycles. The van der Waals surface area contributed by atoms with Crippen LogP contribution in [0.2, 0.25) is 0 Å². The summed E-state index contributed by atoms with van der Waals surface area (Å²) < 4.78 is 0. The smallest absolute Gasteiger partial charge is 0.0972 e. The average Bonchev–Trinajstić information content (AvgIpc) is 2.96. The van der Waals surface area contributed by atoms with E-state index < -0.39 is 0 Å². The SMILES string of the molecule is CC(O)C1CCN(Cc2csc(Cc3ccccc3)n2)CC1. The molecule has 1 atom stereocenters. The molecule has 1 aromatic heterocycles. The van der Waals surface area contributed by atoms with Crippen LogP contribution in [0.5, 0.6) is 0 Å². The predicted octanol–water partition coefficient (Wildman–Crippen LogP) is 3.33. The second-order valence-electron chi connectivity index (χ2n) is 6.25. The number of rotatable bonds is 5. The minimum atomic E-state index is -0.168. The van der Waals surface area contributed by atoms with E-state index in [-0.39, 0.29) is 6.10 Å². The van der Waals surface area contributed by atoms with Crippen molar-refractivity contribution in [1.29, 1.82) is 0 Å². The molecule has 0 amide bonds. The molecule has 0 radical (unpaired) electrons. The van der Waals surface area contributed by atoms with Gasteiger partial charge < -0.3 is 5.11 Å². The number of likely N-dealkylation sites (tertiary alicyclic amines) is 1. The molecule has 3 rings (SSSR count). The van der Waals surface area contributed by atoms with Gasteiger partial charge in [0.1, 0.15) is 0 Å². The Hall–Kier alpha value is -1.23. The van der Waals surface area contributed by atoms with Crippen LogP contribution in [0.25, 0.3) is 0 Å². The van der Waals surface area contributed by atoms with Crippen molar-refractivity contribution in [3.05, 3.63) is 52.0 Å². The molecule has 0 spiro atoms. The van der Waals surface area contributed by atoms with Crippen molar-refractivity contribution in [3.63, 3.8) is 0 Å². The number of hydrogen-bond acceptors (Lipinski definition) is 4. The third kappa shape index (κ3) is 4.15. The molecule has 3 nitrogen and oxygen atoms in total. The lowest BCUT2D eigenvalue weighted by Crippen LogP contribution is -2.36. The van der Waals surface area contributed by atoms with Crippen molar-refractivity contribution < 1.29 is 5.11 Å². The molecule has 1 saturated heterocycles. The van der Waals surface area contributed by atoms with Crippen LogP contribution in [-0.4, -0.2) is 34.2 Å². The predicted molar refractivity (Wildman–Crippen MR) is 91.0 cm³/mol. The number of aromatic nitrogens is 1. The molecule has 2 aromatic rings. The molecule has 0 aliphatic carbocycles. The van der Waals surface area contributed by atoms with Gasteiger partial charge in [-0.1, -0.05) is 30.3 Å². The van der Waals surface area contributed by atoms with E-state index in [0.29, 0.717) is 5.92 Å². The Kier molecular flexibility index (Phi) is 5.24. The van der Waals surface area contributed by atoms with Crippen molar-refractivity contribution in [1.82, 2.24) is 9.88 Å². The van der Waals surface area contributed by atoms with Gasteiger partial charge in [-0.05, 0) is 44.3 Å². The van der Waals surface area contributed by atoms with E-state index >= 15 is 0 Å². The van der Waals surface area contributed by atoms with E-state index in [4.69, 9.17) is 4.98 Å². The zero-order chi connectivity index (χ0) is 15.4. The summed E-state index contributed by atoms with van der Waals surface area (Å²) in [6.07, 6.45) is 2.95. The summed E-state index contributed by atoms with van der Waals surface area (Å²) in [5.74, 6) is 0.473. The fraction of sp³-hybridized carbons (Fsp3) is 0.500. The Labute approximate surface area is 136 Å². The fourth-order valence-corrected chi connectivity index (χ4v) is 3.92. The number of piperidine rings is 1. The van der Waals surface area contributed by atoms with Crippen LogP contribution in [0, 0.1) is 5.92 Å². The lowest BCUT2D eigenvalue weighted by atomic mass is 9.92. The molecule has 22 heavy (non-hydrogen) atoms. The Balaban J connectivity index is 1.52. The monoisotopic (exact) mass is 316 g/mol. The van der Waals surface area contributed by atoms with E-state index in [0.717, 1.165) is 38.9 Å². The van der Waals surface area contributed by atoms with Gasteiger partial charge in [-0.2, -0.15) is 0 Å². The fourth-order valence-electron chi connectivity index (χ4n) is 3.10. The summed E-state index contributed by atoms with van der Waals surface area (Å²) in [5, 5.41) is 13.1. The molecule has 1 aliphatic heterocycles. The zero-order valence-corrected chi connectivity index (χ0v) is 13.9. The highest BCUT2D eigenvalue weighted by molar-refractivity contribution is 7.09. The van der Waals surface area contributed by atoms with Crippen molar-refractivity contribution in [2.45, 2.75) is 38.8 Å². The molecule has 2 heterocycles. The van der Waals surface area contributed by atoms with Gasteiger partial charge in [0.05, 0.1) is 16.8 Å². The third-order valence-corrected chi connectivity index (χ3v) is 5.40. The highest BCUT2D eigenvalue weighted by Gasteiger charge is 2.22. The topological polar surface area (TPSA) is 36.4 Å². The number of thiazole rings is 1. The van der Waals surface area contributed by atoms with Crippen molar-refractivity contribution in [3.8, 4) is 0 Å². The summed E-state index contributed by atoms with van der Waals surface area (Å²) in [4.78, 5) is 7.24. The summed E-state index contributed by atoms with van der Waals surface area (Å²) in [7, 11) is 0. The maximum Gasteiger partial charge on any atom is 0.0972 e. The quantitative estimate of drug-likeness (QED) is 0.919. The first-order valence-electron chi connectivity index (χ1n) is 8.08. The van der Waals surface area contributed by atoms with Gasteiger partial charge in [0.25, 0.3) is 0 Å². The molecule has 1 unspecified atom stereocenters. The van der Waals surface area contributed by atoms with E-state index in [1.54, 1.807) is 11.3 Å². The number of benzene rings is 1. The van der Waals surface area contributed by atoms with E-state index in [9.17, 15) is 5.11 Å². The van der Waals surface area contributed by atoms with Gasteiger partial charge in [0.2, 0.25) is 0 Å². The summed E-state index contributed by atoms with van der Waals surface area (Å²) >= 11 is 1.76. The van der Waals surface area contributed by atoms with Gasteiger partial charge in [-0.3, -0.25) is 4.90 Å². The Morgan fingerprint density at radius 1 is 1.27 bits per heavy atom. The molecule has 0 bridgehead atoms. The second kappa shape index (κ2) is 7.36. The van der Waals surface area contributed by atoms with Crippen molar-refractivity contribution in [2.24, 2.45) is 5.92 Å². The minimum absolute atomic E-state index is 0.168. The Morgan fingerprint density at radius 3 is 2.68 bits per heavy atom. The van der Waals surface area contributed by atoms with E-state index in [1.807, 2.05) is 13.0 Å². The Morgan fingerprint density at radius 2 is 2.00 bits per heavy atom. The van der Waals surface area contributed by atoms with Gasteiger partial charge >= 0.3 is 0 Å². The number of aliphatic hydroxyl groups excluding tert-OH is 1. The first-order valence-corrected chi connectivity index (χ1v) is 8.96. The first kappa shape index (κ1) is 15.7. The average molecular weight is 316 g/mol. The van der Waals surface area contributed by atoms with Gasteiger partial charge in [0, 0.05) is 18.3 Å². The molecule has 1 fully saturated rings. The number of hydrogen-bond donors (Lipinski definition) is 1. The van der Waals surface area contributed by atoms with E-state index in [2.05, 4.69) is 34.5 Å². The maximum absolute atomic E-state index is 9.67. The Bertz CT molecular complexity index is 574. The summed E-state index contributed by atoms with van der Waals surface area (Å²) in [5.41, 5.74) is 2.51. The van der Waals surface area contributed by atoms with E-state index in [1.165, 1.54) is 16.3 Å². The lowest BCUT2D eigenvalue weighted by Gasteiger charge is -2.32. The molecule has 118 valence electrons. The minimum Gasteiger partial charge on any atom is -0.393 e. The van der Waals surface area contributed by atoms with Gasteiger partial charge in [0.15, 0.2) is 0 Å². The third-order valence-electron chi connectivity index (χ3n) is 4.50. The van der Waals surface area contributed by atoms with Crippen LogP contribution >= 0.6 is 11.3 Å². The van der Waals surface area contributed by atoms with Gasteiger partial charge in [-0.25, -0.2) is 4.98 Å². The highest BCUT2D eigenvalue weighted by Crippen LogP contribution is 2.22. The number of aliphatic hydroxyl groups is 1. The number of nitrogens with zero attached hydrogens (tertiary/aromatic N) is 2.